The number of aromatic hydroxyl groups is 1. The first-order chi connectivity index (χ1) is 15.5. The number of amides is 1. The summed E-state index contributed by atoms with van der Waals surface area (Å²) >= 11 is 0. The second-order valence-electron chi connectivity index (χ2n) is 8.94. The van der Waals surface area contributed by atoms with Gasteiger partial charge in [-0.05, 0) is 62.1 Å². The Morgan fingerprint density at radius 3 is 3.00 bits per heavy atom. The number of carbonyl (C=O) groups excluding carboxylic acids is 1. The molecule has 2 aliphatic rings. The Labute approximate surface area is 189 Å². The van der Waals surface area contributed by atoms with Gasteiger partial charge < -0.3 is 19.6 Å². The topological polar surface area (TPSA) is 74.9 Å². The van der Waals surface area contributed by atoms with Crippen LogP contribution in [0, 0.1) is 0 Å². The van der Waals surface area contributed by atoms with E-state index in [1.807, 2.05) is 24.3 Å². The summed E-state index contributed by atoms with van der Waals surface area (Å²) in [7, 11) is 1.79. The van der Waals surface area contributed by atoms with E-state index in [2.05, 4.69) is 22.9 Å². The van der Waals surface area contributed by atoms with Gasteiger partial charge in [-0.2, -0.15) is 0 Å². The zero-order valence-corrected chi connectivity index (χ0v) is 18.6. The smallest absolute Gasteiger partial charge is 0.244 e. The Bertz CT molecular complexity index is 970. The van der Waals surface area contributed by atoms with Crippen LogP contribution < -0.4 is 5.32 Å². The van der Waals surface area contributed by atoms with Crippen LogP contribution in [-0.2, 0) is 14.9 Å². The quantitative estimate of drug-likeness (QED) is 0.509. The molecule has 4 rings (SSSR count). The molecule has 0 bridgehead atoms. The molecule has 1 amide bonds. The number of nitrogens with one attached hydrogen (secondary N) is 1. The van der Waals surface area contributed by atoms with Gasteiger partial charge in [0.15, 0.2) is 0 Å². The summed E-state index contributed by atoms with van der Waals surface area (Å²) in [5.41, 5.74) is 1.23. The number of likely N-dealkylation sites (tertiary alicyclic amines) is 1. The van der Waals surface area contributed by atoms with Crippen molar-refractivity contribution < 1.29 is 19.1 Å². The predicted molar refractivity (Wildman–Crippen MR) is 124 cm³/mol. The van der Waals surface area contributed by atoms with Crippen LogP contribution in [0.25, 0.3) is 6.08 Å². The molecular formula is C26H32N2O4. The second-order valence-corrected chi connectivity index (χ2v) is 8.94. The normalized spacial score (nSPS) is 28.3. The Balaban J connectivity index is 1.60. The van der Waals surface area contributed by atoms with Crippen molar-refractivity contribution in [1.29, 1.82) is 0 Å². The fraction of sp³-hybridized carbons (Fsp3) is 0.423. The zero-order chi connectivity index (χ0) is 22.6. The lowest BCUT2D eigenvalue weighted by Gasteiger charge is -2.59. The van der Waals surface area contributed by atoms with E-state index in [1.165, 1.54) is 0 Å². The van der Waals surface area contributed by atoms with Crippen LogP contribution in [0.2, 0.25) is 0 Å². The van der Waals surface area contributed by atoms with Crippen LogP contribution in [0.4, 0.5) is 0 Å². The molecule has 1 aromatic heterocycles. The standard InChI is InChI=1S/C26H32N2O4/c1-3-13-28-14-12-25(21-5-4-6-23(29)16-21)17-22(9-11-26(25,19-28)31-2)27-24(30)8-7-20-10-15-32-18-20/h3-8,10,15-16,18,22,29H,1,9,11-14,17,19H2,2H3,(H,27,30)/t22-,25-,26-/m0/s1. The minimum absolute atomic E-state index is 0.0214. The van der Waals surface area contributed by atoms with E-state index >= 15 is 0 Å². The Kier molecular flexibility index (Phi) is 6.53. The molecule has 1 saturated heterocycles. The maximum Gasteiger partial charge on any atom is 0.244 e. The van der Waals surface area contributed by atoms with Gasteiger partial charge in [-0.1, -0.05) is 18.2 Å². The van der Waals surface area contributed by atoms with E-state index in [9.17, 15) is 9.90 Å². The molecule has 2 heterocycles. The minimum Gasteiger partial charge on any atom is -0.508 e. The van der Waals surface area contributed by atoms with Gasteiger partial charge in [0.05, 0.1) is 18.1 Å². The maximum atomic E-state index is 12.6. The van der Waals surface area contributed by atoms with Crippen LogP contribution in [0.1, 0.15) is 36.8 Å². The first-order valence-corrected chi connectivity index (χ1v) is 11.2. The molecule has 0 spiro atoms. The summed E-state index contributed by atoms with van der Waals surface area (Å²) in [6, 6.07) is 9.37. The molecule has 0 radical (unpaired) electrons. The number of carbonyl (C=O) groups is 1. The molecule has 2 fully saturated rings. The van der Waals surface area contributed by atoms with Crippen LogP contribution in [-0.4, -0.2) is 54.3 Å². The van der Waals surface area contributed by atoms with E-state index in [0.717, 1.165) is 56.4 Å². The van der Waals surface area contributed by atoms with Crippen LogP contribution in [0.3, 0.4) is 0 Å². The monoisotopic (exact) mass is 436 g/mol. The average Bonchev–Trinajstić information content (AvgIpc) is 3.32. The van der Waals surface area contributed by atoms with Gasteiger partial charge in [-0.3, -0.25) is 9.69 Å². The van der Waals surface area contributed by atoms with E-state index in [0.29, 0.717) is 0 Å². The summed E-state index contributed by atoms with van der Waals surface area (Å²) in [4.78, 5) is 15.0. The number of rotatable bonds is 7. The van der Waals surface area contributed by atoms with E-state index in [1.54, 1.807) is 37.9 Å². The van der Waals surface area contributed by atoms with Crippen molar-refractivity contribution in [2.45, 2.75) is 42.7 Å². The lowest BCUT2D eigenvalue weighted by molar-refractivity contribution is -0.148. The molecule has 1 saturated carbocycles. The number of methoxy groups -OCH3 is 1. The van der Waals surface area contributed by atoms with Crippen LogP contribution in [0.15, 0.2) is 66.0 Å². The van der Waals surface area contributed by atoms with E-state index < -0.39 is 5.60 Å². The van der Waals surface area contributed by atoms with Gasteiger partial charge in [0, 0.05) is 43.3 Å². The summed E-state index contributed by atoms with van der Waals surface area (Å²) < 4.78 is 11.4. The molecule has 3 atom stereocenters. The number of ether oxygens (including phenoxy) is 1. The first-order valence-electron chi connectivity index (χ1n) is 11.2. The highest BCUT2D eigenvalue weighted by atomic mass is 16.5. The summed E-state index contributed by atoms with van der Waals surface area (Å²) in [5, 5.41) is 13.4. The van der Waals surface area contributed by atoms with E-state index in [-0.39, 0.29) is 23.1 Å². The maximum absolute atomic E-state index is 12.6. The summed E-state index contributed by atoms with van der Waals surface area (Å²) in [5.74, 6) is 0.140. The van der Waals surface area contributed by atoms with Crippen molar-refractivity contribution in [2.75, 3.05) is 26.7 Å². The number of piperidine rings is 1. The predicted octanol–water partition coefficient (Wildman–Crippen LogP) is 3.88. The fourth-order valence-electron chi connectivity index (χ4n) is 5.65. The third kappa shape index (κ3) is 4.25. The lowest BCUT2D eigenvalue weighted by Crippen LogP contribution is -2.67. The molecule has 170 valence electrons. The van der Waals surface area contributed by atoms with Gasteiger partial charge in [-0.25, -0.2) is 0 Å². The van der Waals surface area contributed by atoms with Gasteiger partial charge >= 0.3 is 0 Å². The van der Waals surface area contributed by atoms with Crippen molar-refractivity contribution in [3.05, 3.63) is 72.7 Å². The Hall–Kier alpha value is -2.83. The molecule has 2 aromatic rings. The highest BCUT2D eigenvalue weighted by Gasteiger charge is 2.58. The van der Waals surface area contributed by atoms with Crippen LogP contribution in [0.5, 0.6) is 5.75 Å². The number of fused-ring (bicyclic) bond motifs is 1. The average molecular weight is 437 g/mol. The van der Waals surface area contributed by atoms with Crippen molar-refractivity contribution >= 4 is 12.0 Å². The molecule has 1 aliphatic heterocycles. The third-order valence-electron chi connectivity index (χ3n) is 7.19. The molecule has 1 aromatic carbocycles. The minimum atomic E-state index is -0.393. The van der Waals surface area contributed by atoms with Crippen molar-refractivity contribution in [2.24, 2.45) is 0 Å². The molecule has 1 aliphatic carbocycles. The lowest BCUT2D eigenvalue weighted by atomic mass is 9.55. The second kappa shape index (κ2) is 9.35. The highest BCUT2D eigenvalue weighted by Crippen LogP contribution is 2.53. The Morgan fingerprint density at radius 1 is 1.41 bits per heavy atom. The number of hydrogen-bond acceptors (Lipinski definition) is 5. The number of furan rings is 1. The van der Waals surface area contributed by atoms with Gasteiger partial charge in [0.2, 0.25) is 5.91 Å². The van der Waals surface area contributed by atoms with Crippen molar-refractivity contribution in [3.63, 3.8) is 0 Å². The molecule has 6 nitrogen and oxygen atoms in total. The molecule has 2 N–H and O–H groups in total. The summed E-state index contributed by atoms with van der Waals surface area (Å²) in [6.45, 7) is 6.43. The number of phenols is 1. The largest absolute Gasteiger partial charge is 0.508 e. The van der Waals surface area contributed by atoms with Crippen molar-refractivity contribution in [3.8, 4) is 5.75 Å². The fourth-order valence-corrected chi connectivity index (χ4v) is 5.65. The summed E-state index contributed by atoms with van der Waals surface area (Å²) in [6.07, 6.45) is 11.7. The van der Waals surface area contributed by atoms with Gasteiger partial charge in [0.1, 0.15) is 5.75 Å². The van der Waals surface area contributed by atoms with E-state index in [4.69, 9.17) is 9.15 Å². The number of benzene rings is 1. The highest BCUT2D eigenvalue weighted by molar-refractivity contribution is 5.91. The number of hydrogen-bond donors (Lipinski definition) is 2. The van der Waals surface area contributed by atoms with Gasteiger partial charge in [0.25, 0.3) is 0 Å². The Morgan fingerprint density at radius 2 is 2.28 bits per heavy atom. The number of phenolic OH excluding ortho intramolecular Hbond substituents is 1. The van der Waals surface area contributed by atoms with Gasteiger partial charge in [-0.15, -0.1) is 6.58 Å². The SMILES string of the molecule is C=CCN1CC[C@@]2(c3cccc(O)c3)C[C@@H](NC(=O)C=Cc3ccoc3)CC[C@]2(OC)C1. The molecular weight excluding hydrogens is 404 g/mol. The molecule has 6 heteroatoms. The zero-order valence-electron chi connectivity index (χ0n) is 18.6. The van der Waals surface area contributed by atoms with Crippen LogP contribution >= 0.6 is 0 Å². The molecule has 0 unspecified atom stereocenters. The number of nitrogens with zero attached hydrogens (tertiary/aromatic N) is 1. The molecule has 32 heavy (non-hydrogen) atoms. The first kappa shape index (κ1) is 22.4. The van der Waals surface area contributed by atoms with Crippen molar-refractivity contribution in [1.82, 2.24) is 10.2 Å². The third-order valence-corrected chi connectivity index (χ3v) is 7.19.